The Kier molecular flexibility index (Phi) is 3.77. The number of fused-ring (bicyclic) bond motifs is 1. The van der Waals surface area contributed by atoms with E-state index in [1.807, 2.05) is 6.07 Å². The molecule has 0 aromatic heterocycles. The van der Waals surface area contributed by atoms with Crippen molar-refractivity contribution in [1.82, 2.24) is 0 Å². The minimum atomic E-state index is -0.241. The maximum Gasteiger partial charge on any atom is 0.123 e. The van der Waals surface area contributed by atoms with Gasteiger partial charge in [-0.2, -0.15) is 0 Å². The van der Waals surface area contributed by atoms with E-state index in [0.717, 1.165) is 24.8 Å². The number of hydrogen-bond donors (Lipinski definition) is 1. The van der Waals surface area contributed by atoms with E-state index in [2.05, 4.69) is 18.2 Å². The van der Waals surface area contributed by atoms with Gasteiger partial charge in [-0.1, -0.05) is 35.9 Å². The maximum absolute atomic E-state index is 13.3. The van der Waals surface area contributed by atoms with Crippen molar-refractivity contribution >= 4 is 11.6 Å². The molecule has 0 saturated heterocycles. The van der Waals surface area contributed by atoms with Crippen LogP contribution >= 0.6 is 11.6 Å². The lowest BCUT2D eigenvalue weighted by molar-refractivity contribution is 0.376. The number of benzene rings is 2. The minimum absolute atomic E-state index is 0.000663. The first-order valence-corrected chi connectivity index (χ1v) is 7.30. The summed E-state index contributed by atoms with van der Waals surface area (Å²) in [5, 5.41) is 0.623. The molecular weight excluding hydrogens is 273 g/mol. The highest BCUT2D eigenvalue weighted by Gasteiger charge is 2.27. The van der Waals surface area contributed by atoms with Crippen molar-refractivity contribution in [3.63, 3.8) is 0 Å². The van der Waals surface area contributed by atoms with E-state index in [4.69, 9.17) is 17.3 Å². The van der Waals surface area contributed by atoms with Crippen LogP contribution in [0.5, 0.6) is 0 Å². The smallest absolute Gasteiger partial charge is 0.123 e. The van der Waals surface area contributed by atoms with Crippen LogP contribution in [0.25, 0.3) is 0 Å². The molecule has 1 aliphatic carbocycles. The molecule has 3 rings (SSSR count). The molecule has 0 fully saturated rings. The van der Waals surface area contributed by atoms with Crippen molar-refractivity contribution in [2.24, 2.45) is 11.7 Å². The van der Waals surface area contributed by atoms with E-state index in [1.165, 1.54) is 23.3 Å². The number of rotatable bonds is 2. The lowest BCUT2D eigenvalue weighted by Gasteiger charge is -2.31. The van der Waals surface area contributed by atoms with E-state index in [0.29, 0.717) is 10.9 Å². The second kappa shape index (κ2) is 5.55. The third-order valence-electron chi connectivity index (χ3n) is 4.20. The summed E-state index contributed by atoms with van der Waals surface area (Å²) in [5.41, 5.74) is 9.80. The quantitative estimate of drug-likeness (QED) is 0.877. The summed E-state index contributed by atoms with van der Waals surface area (Å²) >= 11 is 6.16. The number of halogens is 2. The maximum atomic E-state index is 13.3. The highest BCUT2D eigenvalue weighted by Crippen LogP contribution is 2.35. The van der Waals surface area contributed by atoms with Crippen LogP contribution < -0.4 is 5.73 Å². The van der Waals surface area contributed by atoms with Crippen LogP contribution in [0.3, 0.4) is 0 Å². The van der Waals surface area contributed by atoms with Gasteiger partial charge in [-0.3, -0.25) is 0 Å². The first-order chi connectivity index (χ1) is 9.65. The molecule has 0 heterocycles. The van der Waals surface area contributed by atoms with E-state index in [-0.39, 0.29) is 11.9 Å². The number of nitrogens with two attached hydrogens (primary N) is 1. The first-order valence-electron chi connectivity index (χ1n) is 6.92. The molecule has 3 heteroatoms. The lowest BCUT2D eigenvalue weighted by atomic mass is 9.77. The van der Waals surface area contributed by atoms with Crippen LogP contribution in [0, 0.1) is 11.7 Å². The molecule has 0 saturated carbocycles. The van der Waals surface area contributed by atoms with Crippen LogP contribution in [-0.4, -0.2) is 0 Å². The Labute approximate surface area is 123 Å². The Balaban J connectivity index is 1.84. The summed E-state index contributed by atoms with van der Waals surface area (Å²) < 4.78 is 13.3. The van der Waals surface area contributed by atoms with Crippen LogP contribution in [0.2, 0.25) is 5.02 Å². The SMILES string of the molecule is NC1c2ccccc2CCC1Cc1cc(F)ccc1Cl. The van der Waals surface area contributed by atoms with Crippen LogP contribution in [0.4, 0.5) is 4.39 Å². The summed E-state index contributed by atoms with van der Waals surface area (Å²) in [6.07, 6.45) is 2.78. The molecule has 2 unspecified atom stereocenters. The van der Waals surface area contributed by atoms with Gasteiger partial charge in [0.25, 0.3) is 0 Å². The molecular formula is C17H17ClFN. The number of hydrogen-bond acceptors (Lipinski definition) is 1. The molecule has 0 aliphatic heterocycles. The summed E-state index contributed by atoms with van der Waals surface area (Å²) in [7, 11) is 0. The fourth-order valence-corrected chi connectivity index (χ4v) is 3.27. The van der Waals surface area contributed by atoms with E-state index in [1.54, 1.807) is 6.07 Å². The molecule has 2 atom stereocenters. The van der Waals surface area contributed by atoms with Gasteiger partial charge in [0, 0.05) is 11.1 Å². The standard InChI is InChI=1S/C17H17ClFN/c18-16-8-7-14(19)10-13(16)9-12-6-5-11-3-1-2-4-15(11)17(12)20/h1-4,7-8,10,12,17H,5-6,9,20H2. The Morgan fingerprint density at radius 2 is 2.00 bits per heavy atom. The van der Waals surface area contributed by atoms with E-state index < -0.39 is 0 Å². The predicted octanol–water partition coefficient (Wildman–Crippen LogP) is 4.28. The van der Waals surface area contributed by atoms with Gasteiger partial charge in [0.05, 0.1) is 0 Å². The topological polar surface area (TPSA) is 26.0 Å². The molecule has 0 radical (unpaired) electrons. The van der Waals surface area contributed by atoms with Crippen molar-refractivity contribution in [2.45, 2.75) is 25.3 Å². The second-order valence-electron chi connectivity index (χ2n) is 5.46. The lowest BCUT2D eigenvalue weighted by Crippen LogP contribution is -2.28. The second-order valence-corrected chi connectivity index (χ2v) is 5.87. The van der Waals surface area contributed by atoms with Crippen molar-refractivity contribution in [3.05, 3.63) is 70.0 Å². The molecule has 0 spiro atoms. The third-order valence-corrected chi connectivity index (χ3v) is 4.57. The summed E-state index contributed by atoms with van der Waals surface area (Å²) in [5.74, 6) is 0.0679. The first kappa shape index (κ1) is 13.6. The Morgan fingerprint density at radius 3 is 2.85 bits per heavy atom. The Morgan fingerprint density at radius 1 is 1.20 bits per heavy atom. The van der Waals surface area contributed by atoms with E-state index >= 15 is 0 Å². The molecule has 2 N–H and O–H groups in total. The normalized spacial score (nSPS) is 21.6. The van der Waals surface area contributed by atoms with Gasteiger partial charge < -0.3 is 5.73 Å². The molecule has 104 valence electrons. The van der Waals surface area contributed by atoms with Crippen LogP contribution in [-0.2, 0) is 12.8 Å². The highest BCUT2D eigenvalue weighted by atomic mass is 35.5. The zero-order valence-electron chi connectivity index (χ0n) is 11.2. The van der Waals surface area contributed by atoms with Gasteiger partial charge in [0.15, 0.2) is 0 Å². The zero-order valence-corrected chi connectivity index (χ0v) is 11.9. The summed E-state index contributed by atoms with van der Waals surface area (Å²) in [4.78, 5) is 0. The van der Waals surface area contributed by atoms with Gasteiger partial charge in [0.1, 0.15) is 5.82 Å². The van der Waals surface area contributed by atoms with Crippen molar-refractivity contribution in [3.8, 4) is 0 Å². The summed E-state index contributed by atoms with van der Waals surface area (Å²) in [6.45, 7) is 0. The largest absolute Gasteiger partial charge is 0.324 e. The van der Waals surface area contributed by atoms with Crippen molar-refractivity contribution in [2.75, 3.05) is 0 Å². The molecule has 2 aromatic carbocycles. The predicted molar refractivity (Wildman–Crippen MR) is 80.3 cm³/mol. The zero-order chi connectivity index (χ0) is 14.1. The fraction of sp³-hybridized carbons (Fsp3) is 0.294. The Bertz CT molecular complexity index is 626. The van der Waals surface area contributed by atoms with Gasteiger partial charge in [-0.25, -0.2) is 4.39 Å². The average Bonchev–Trinajstić information content (AvgIpc) is 2.46. The molecule has 1 nitrogen and oxygen atoms in total. The van der Waals surface area contributed by atoms with E-state index in [9.17, 15) is 4.39 Å². The summed E-state index contributed by atoms with van der Waals surface area (Å²) in [6, 6.07) is 12.8. The van der Waals surface area contributed by atoms with Crippen molar-refractivity contribution < 1.29 is 4.39 Å². The average molecular weight is 290 g/mol. The minimum Gasteiger partial charge on any atom is -0.324 e. The fourth-order valence-electron chi connectivity index (χ4n) is 3.07. The van der Waals surface area contributed by atoms with Gasteiger partial charge in [0.2, 0.25) is 0 Å². The number of aryl methyl sites for hydroxylation is 1. The third kappa shape index (κ3) is 2.58. The van der Waals surface area contributed by atoms with Gasteiger partial charge in [-0.15, -0.1) is 0 Å². The Hall–Kier alpha value is -1.38. The molecule has 0 bridgehead atoms. The van der Waals surface area contributed by atoms with Gasteiger partial charge >= 0.3 is 0 Å². The van der Waals surface area contributed by atoms with Crippen LogP contribution in [0.15, 0.2) is 42.5 Å². The highest BCUT2D eigenvalue weighted by molar-refractivity contribution is 6.31. The van der Waals surface area contributed by atoms with Gasteiger partial charge in [-0.05, 0) is 60.1 Å². The van der Waals surface area contributed by atoms with Crippen molar-refractivity contribution in [1.29, 1.82) is 0 Å². The van der Waals surface area contributed by atoms with Crippen LogP contribution in [0.1, 0.15) is 29.2 Å². The molecule has 0 amide bonds. The molecule has 2 aromatic rings. The molecule has 1 aliphatic rings. The molecule has 20 heavy (non-hydrogen) atoms. The monoisotopic (exact) mass is 289 g/mol.